The van der Waals surface area contributed by atoms with Crippen LogP contribution in [0.25, 0.3) is 0 Å². The van der Waals surface area contributed by atoms with E-state index in [-0.39, 0.29) is 5.82 Å². The van der Waals surface area contributed by atoms with Crippen molar-refractivity contribution < 1.29 is 4.39 Å². The van der Waals surface area contributed by atoms with Crippen molar-refractivity contribution in [2.45, 2.75) is 19.9 Å². The zero-order chi connectivity index (χ0) is 14.4. The van der Waals surface area contributed by atoms with Crippen LogP contribution in [0.3, 0.4) is 0 Å². The quantitative estimate of drug-likeness (QED) is 0.872. The van der Waals surface area contributed by atoms with Crippen LogP contribution < -0.4 is 10.6 Å². The minimum atomic E-state index is -0.204. The van der Waals surface area contributed by atoms with Crippen LogP contribution in [0.5, 0.6) is 0 Å². The highest BCUT2D eigenvalue weighted by molar-refractivity contribution is 5.47. The van der Waals surface area contributed by atoms with Gasteiger partial charge in [-0.25, -0.2) is 4.39 Å². The van der Waals surface area contributed by atoms with Crippen LogP contribution in [0.15, 0.2) is 48.5 Å². The molecule has 2 aromatic carbocycles. The first-order chi connectivity index (χ1) is 9.70. The number of hydrogen-bond donors (Lipinski definition) is 1. The lowest BCUT2D eigenvalue weighted by molar-refractivity contribution is 0.625. The van der Waals surface area contributed by atoms with E-state index in [2.05, 4.69) is 24.0 Å². The lowest BCUT2D eigenvalue weighted by Crippen LogP contribution is -2.26. The number of hydrogen-bond acceptors (Lipinski definition) is 2. The summed E-state index contributed by atoms with van der Waals surface area (Å²) < 4.78 is 13.4. The molecule has 0 saturated heterocycles. The second-order valence-corrected chi connectivity index (χ2v) is 4.97. The standard InChI is InChI=1S/C17H21FN2/c1-14-6-2-3-7-15(14)13-20(11-5-10-19)17-9-4-8-16(18)12-17/h2-4,6-9,12H,5,10-11,13,19H2,1H3. The first kappa shape index (κ1) is 14.5. The fraction of sp³-hybridized carbons (Fsp3) is 0.294. The van der Waals surface area contributed by atoms with E-state index >= 15 is 0 Å². The van der Waals surface area contributed by atoms with Crippen LogP contribution >= 0.6 is 0 Å². The Morgan fingerprint density at radius 2 is 1.90 bits per heavy atom. The molecule has 106 valence electrons. The molecule has 0 unspecified atom stereocenters. The lowest BCUT2D eigenvalue weighted by atomic mass is 10.1. The Morgan fingerprint density at radius 1 is 1.10 bits per heavy atom. The van der Waals surface area contributed by atoms with Crippen molar-refractivity contribution in [3.63, 3.8) is 0 Å². The summed E-state index contributed by atoms with van der Waals surface area (Å²) in [6.45, 7) is 4.34. The van der Waals surface area contributed by atoms with Crippen molar-refractivity contribution in [1.82, 2.24) is 0 Å². The maximum absolute atomic E-state index is 13.4. The van der Waals surface area contributed by atoms with Gasteiger partial charge in [0.25, 0.3) is 0 Å². The molecule has 20 heavy (non-hydrogen) atoms. The fourth-order valence-corrected chi connectivity index (χ4v) is 2.25. The molecule has 3 heteroatoms. The SMILES string of the molecule is Cc1ccccc1CN(CCCN)c1cccc(F)c1. The molecule has 0 spiro atoms. The maximum atomic E-state index is 13.4. The molecule has 0 bridgehead atoms. The van der Waals surface area contributed by atoms with E-state index in [9.17, 15) is 4.39 Å². The number of halogens is 1. The smallest absolute Gasteiger partial charge is 0.125 e. The molecular formula is C17H21FN2. The van der Waals surface area contributed by atoms with Gasteiger partial charge in [0.2, 0.25) is 0 Å². The highest BCUT2D eigenvalue weighted by Gasteiger charge is 2.09. The molecule has 0 saturated carbocycles. The summed E-state index contributed by atoms with van der Waals surface area (Å²) in [7, 11) is 0. The van der Waals surface area contributed by atoms with Crippen LogP contribution in [-0.4, -0.2) is 13.1 Å². The van der Waals surface area contributed by atoms with E-state index in [1.165, 1.54) is 17.2 Å². The van der Waals surface area contributed by atoms with E-state index in [0.717, 1.165) is 25.2 Å². The van der Waals surface area contributed by atoms with E-state index < -0.39 is 0 Å². The minimum absolute atomic E-state index is 0.204. The maximum Gasteiger partial charge on any atom is 0.125 e. The highest BCUT2D eigenvalue weighted by Crippen LogP contribution is 2.20. The van der Waals surface area contributed by atoms with E-state index in [1.54, 1.807) is 12.1 Å². The van der Waals surface area contributed by atoms with Crippen molar-refractivity contribution in [3.05, 3.63) is 65.5 Å². The highest BCUT2D eigenvalue weighted by atomic mass is 19.1. The molecular weight excluding hydrogens is 251 g/mol. The Bertz CT molecular complexity index is 554. The van der Waals surface area contributed by atoms with Crippen molar-refractivity contribution >= 4 is 5.69 Å². The largest absolute Gasteiger partial charge is 0.367 e. The van der Waals surface area contributed by atoms with Gasteiger partial charge in [-0.05, 0) is 49.2 Å². The Morgan fingerprint density at radius 3 is 2.60 bits per heavy atom. The Labute approximate surface area is 120 Å². The van der Waals surface area contributed by atoms with E-state index in [1.807, 2.05) is 18.2 Å². The van der Waals surface area contributed by atoms with E-state index in [4.69, 9.17) is 5.73 Å². The summed E-state index contributed by atoms with van der Waals surface area (Å²) >= 11 is 0. The molecule has 0 atom stereocenters. The van der Waals surface area contributed by atoms with Crippen molar-refractivity contribution in [3.8, 4) is 0 Å². The van der Waals surface area contributed by atoms with Crippen LogP contribution in [0.1, 0.15) is 17.5 Å². The normalized spacial score (nSPS) is 10.6. The van der Waals surface area contributed by atoms with Crippen LogP contribution in [0.4, 0.5) is 10.1 Å². The molecule has 0 heterocycles. The first-order valence-corrected chi connectivity index (χ1v) is 6.96. The number of aryl methyl sites for hydroxylation is 1. The number of nitrogens with zero attached hydrogens (tertiary/aromatic N) is 1. The molecule has 0 radical (unpaired) electrons. The predicted octanol–water partition coefficient (Wildman–Crippen LogP) is 3.49. The van der Waals surface area contributed by atoms with Gasteiger partial charge in [0.1, 0.15) is 5.82 Å². The molecule has 0 aliphatic heterocycles. The minimum Gasteiger partial charge on any atom is -0.367 e. The molecule has 2 aromatic rings. The predicted molar refractivity (Wildman–Crippen MR) is 82.3 cm³/mol. The van der Waals surface area contributed by atoms with Crippen molar-refractivity contribution in [2.24, 2.45) is 5.73 Å². The van der Waals surface area contributed by atoms with E-state index in [0.29, 0.717) is 6.54 Å². The summed E-state index contributed by atoms with van der Waals surface area (Å²) in [5, 5.41) is 0. The number of anilines is 1. The summed E-state index contributed by atoms with van der Waals surface area (Å²) in [5.41, 5.74) is 9.02. The summed E-state index contributed by atoms with van der Waals surface area (Å²) in [6, 6.07) is 15.0. The Kier molecular flexibility index (Phi) is 5.13. The molecule has 0 aromatic heterocycles. The number of rotatable bonds is 6. The molecule has 2 N–H and O–H groups in total. The Balaban J connectivity index is 2.21. The third-order valence-electron chi connectivity index (χ3n) is 3.43. The van der Waals surface area contributed by atoms with Crippen LogP contribution in [0.2, 0.25) is 0 Å². The van der Waals surface area contributed by atoms with Gasteiger partial charge < -0.3 is 10.6 Å². The third kappa shape index (κ3) is 3.81. The second-order valence-electron chi connectivity index (χ2n) is 4.97. The monoisotopic (exact) mass is 272 g/mol. The molecule has 0 aliphatic rings. The van der Waals surface area contributed by atoms with Gasteiger partial charge in [0, 0.05) is 18.8 Å². The van der Waals surface area contributed by atoms with Crippen LogP contribution in [0, 0.1) is 12.7 Å². The molecule has 2 rings (SSSR count). The average Bonchev–Trinajstić information content (AvgIpc) is 2.45. The fourth-order valence-electron chi connectivity index (χ4n) is 2.25. The van der Waals surface area contributed by atoms with Gasteiger partial charge in [-0.15, -0.1) is 0 Å². The van der Waals surface area contributed by atoms with Crippen molar-refractivity contribution in [1.29, 1.82) is 0 Å². The first-order valence-electron chi connectivity index (χ1n) is 6.96. The lowest BCUT2D eigenvalue weighted by Gasteiger charge is -2.25. The van der Waals surface area contributed by atoms with Crippen molar-refractivity contribution in [2.75, 3.05) is 18.0 Å². The number of benzene rings is 2. The topological polar surface area (TPSA) is 29.3 Å². The van der Waals surface area contributed by atoms with Gasteiger partial charge in [-0.1, -0.05) is 30.3 Å². The molecule has 0 fully saturated rings. The number of nitrogens with two attached hydrogens (primary N) is 1. The van der Waals surface area contributed by atoms with Crippen LogP contribution in [-0.2, 0) is 6.54 Å². The zero-order valence-electron chi connectivity index (χ0n) is 11.8. The third-order valence-corrected chi connectivity index (χ3v) is 3.43. The molecule has 0 aliphatic carbocycles. The zero-order valence-corrected chi connectivity index (χ0v) is 11.8. The van der Waals surface area contributed by atoms with Gasteiger partial charge >= 0.3 is 0 Å². The van der Waals surface area contributed by atoms with Gasteiger partial charge in [0.15, 0.2) is 0 Å². The molecule has 2 nitrogen and oxygen atoms in total. The Hall–Kier alpha value is -1.87. The van der Waals surface area contributed by atoms with Gasteiger partial charge in [-0.2, -0.15) is 0 Å². The summed E-state index contributed by atoms with van der Waals surface area (Å²) in [4.78, 5) is 2.18. The average molecular weight is 272 g/mol. The van der Waals surface area contributed by atoms with Gasteiger partial charge in [-0.3, -0.25) is 0 Å². The summed E-state index contributed by atoms with van der Waals surface area (Å²) in [6.07, 6.45) is 0.891. The summed E-state index contributed by atoms with van der Waals surface area (Å²) in [5.74, 6) is -0.204. The molecule has 0 amide bonds. The second kappa shape index (κ2) is 7.06. The van der Waals surface area contributed by atoms with Gasteiger partial charge in [0.05, 0.1) is 0 Å².